The maximum Gasteiger partial charge on any atom is 0.308 e. The topological polar surface area (TPSA) is 115 Å². The number of esters is 1. The highest BCUT2D eigenvalue weighted by molar-refractivity contribution is 7.87. The maximum atomic E-state index is 12.2. The fraction of sp³-hybridized carbons (Fsp3) is 0.500. The zero-order chi connectivity index (χ0) is 17.7. The van der Waals surface area contributed by atoms with E-state index in [1.54, 1.807) is 6.07 Å². The van der Waals surface area contributed by atoms with Crippen molar-refractivity contribution in [2.75, 3.05) is 20.2 Å². The Balaban J connectivity index is 1.94. The number of amides is 1. The predicted octanol–water partition coefficient (Wildman–Crippen LogP) is -0.906. The van der Waals surface area contributed by atoms with E-state index >= 15 is 0 Å². The summed E-state index contributed by atoms with van der Waals surface area (Å²) in [5.74, 6) is -1.50. The molecule has 0 unspecified atom stereocenters. The van der Waals surface area contributed by atoms with Gasteiger partial charge in [-0.3, -0.25) is 14.4 Å². The fourth-order valence-electron chi connectivity index (χ4n) is 2.49. The molecule has 10 heteroatoms. The van der Waals surface area contributed by atoms with Gasteiger partial charge in [0, 0.05) is 25.4 Å². The number of carbonyl (C=O) groups is 2. The van der Waals surface area contributed by atoms with Gasteiger partial charge < -0.3 is 9.30 Å². The van der Waals surface area contributed by atoms with Gasteiger partial charge in [0.2, 0.25) is 0 Å². The number of rotatable bonds is 5. The van der Waals surface area contributed by atoms with Crippen molar-refractivity contribution in [2.45, 2.75) is 19.4 Å². The van der Waals surface area contributed by atoms with Crippen molar-refractivity contribution in [3.8, 4) is 0 Å². The number of methoxy groups -OCH3 is 1. The van der Waals surface area contributed by atoms with E-state index in [4.69, 9.17) is 0 Å². The molecule has 132 valence electrons. The first kappa shape index (κ1) is 18.1. The maximum absolute atomic E-state index is 12.2. The summed E-state index contributed by atoms with van der Waals surface area (Å²) in [5.41, 5.74) is -0.399. The molecule has 1 amide bonds. The Morgan fingerprint density at radius 2 is 1.96 bits per heavy atom. The number of hydrogen-bond acceptors (Lipinski definition) is 6. The second kappa shape index (κ2) is 7.58. The number of pyridine rings is 1. The van der Waals surface area contributed by atoms with Crippen LogP contribution in [0.4, 0.5) is 0 Å². The molecule has 2 rings (SSSR count). The van der Waals surface area contributed by atoms with Crippen LogP contribution in [-0.4, -0.2) is 49.4 Å². The van der Waals surface area contributed by atoms with E-state index in [1.807, 2.05) is 4.72 Å². The summed E-state index contributed by atoms with van der Waals surface area (Å²) < 4.78 is 33.2. The molecule has 9 nitrogen and oxygen atoms in total. The van der Waals surface area contributed by atoms with Crippen molar-refractivity contribution in [2.24, 2.45) is 5.92 Å². The van der Waals surface area contributed by atoms with Crippen LogP contribution in [-0.2, 0) is 31.1 Å². The number of nitrogens with one attached hydrogen (secondary N) is 1. The Bertz CT molecular complexity index is 765. The molecule has 0 spiro atoms. The standard InChI is InChI=1S/C14H19N3O6S/c1-23-14(20)11-5-8-17(9-6-11)24(21,22)15-12(18)10-16-7-3-2-4-13(16)19/h2-4,7,11H,5-6,8-10H2,1H3,(H,15,18). The van der Waals surface area contributed by atoms with Crippen molar-refractivity contribution < 1.29 is 22.7 Å². The van der Waals surface area contributed by atoms with Crippen LogP contribution in [0.2, 0.25) is 0 Å². The molecule has 1 saturated heterocycles. The smallest absolute Gasteiger partial charge is 0.308 e. The SMILES string of the molecule is COC(=O)C1CCN(S(=O)(=O)NC(=O)Cn2ccccc2=O)CC1. The summed E-state index contributed by atoms with van der Waals surface area (Å²) in [4.78, 5) is 34.9. The molecule has 0 radical (unpaired) electrons. The average molecular weight is 357 g/mol. The van der Waals surface area contributed by atoms with Crippen molar-refractivity contribution >= 4 is 22.1 Å². The molecule has 0 atom stereocenters. The van der Waals surface area contributed by atoms with Gasteiger partial charge in [-0.15, -0.1) is 0 Å². The quantitative estimate of drug-likeness (QED) is 0.683. The van der Waals surface area contributed by atoms with Crippen LogP contribution < -0.4 is 10.3 Å². The zero-order valence-electron chi connectivity index (χ0n) is 13.2. The van der Waals surface area contributed by atoms with Gasteiger partial charge in [0.15, 0.2) is 0 Å². The molecule has 1 fully saturated rings. The van der Waals surface area contributed by atoms with E-state index in [2.05, 4.69) is 4.74 Å². The third-order valence-corrected chi connectivity index (χ3v) is 5.31. The number of ether oxygens (including phenoxy) is 1. The normalized spacial score (nSPS) is 16.5. The van der Waals surface area contributed by atoms with Crippen LogP contribution in [0.1, 0.15) is 12.8 Å². The molecule has 0 bridgehead atoms. The minimum Gasteiger partial charge on any atom is -0.469 e. The Morgan fingerprint density at radius 3 is 2.54 bits per heavy atom. The molecule has 2 heterocycles. The summed E-state index contributed by atoms with van der Waals surface area (Å²) in [6.07, 6.45) is 2.07. The molecule has 1 N–H and O–H groups in total. The Labute approximate surface area is 139 Å². The summed E-state index contributed by atoms with van der Waals surface area (Å²) in [6.45, 7) is -0.154. The fourth-order valence-corrected chi connectivity index (χ4v) is 3.66. The first-order valence-electron chi connectivity index (χ1n) is 7.37. The van der Waals surface area contributed by atoms with E-state index in [0.717, 1.165) is 8.87 Å². The summed E-state index contributed by atoms with van der Waals surface area (Å²) in [6, 6.07) is 4.37. The van der Waals surface area contributed by atoms with E-state index in [1.165, 1.54) is 25.4 Å². The Hall–Kier alpha value is -2.20. The Morgan fingerprint density at radius 1 is 1.29 bits per heavy atom. The molecule has 0 aromatic carbocycles. The van der Waals surface area contributed by atoms with E-state index in [9.17, 15) is 22.8 Å². The number of hydrogen-bond donors (Lipinski definition) is 1. The second-order valence-corrected chi connectivity index (χ2v) is 7.06. The monoisotopic (exact) mass is 357 g/mol. The third-order valence-electron chi connectivity index (χ3n) is 3.78. The largest absolute Gasteiger partial charge is 0.469 e. The molecule has 24 heavy (non-hydrogen) atoms. The zero-order valence-corrected chi connectivity index (χ0v) is 14.0. The lowest BCUT2D eigenvalue weighted by atomic mass is 9.99. The molecular weight excluding hydrogens is 338 g/mol. The molecule has 0 aliphatic carbocycles. The van der Waals surface area contributed by atoms with Gasteiger partial charge in [-0.25, -0.2) is 4.72 Å². The molecule has 0 saturated carbocycles. The molecule has 1 aliphatic heterocycles. The van der Waals surface area contributed by atoms with Crippen molar-refractivity contribution in [1.29, 1.82) is 0 Å². The highest BCUT2D eigenvalue weighted by atomic mass is 32.2. The highest BCUT2D eigenvalue weighted by Crippen LogP contribution is 2.20. The lowest BCUT2D eigenvalue weighted by molar-refractivity contribution is -0.146. The molecular formula is C14H19N3O6S. The van der Waals surface area contributed by atoms with Crippen LogP contribution in [0.3, 0.4) is 0 Å². The average Bonchev–Trinajstić information content (AvgIpc) is 2.56. The second-order valence-electron chi connectivity index (χ2n) is 5.39. The van der Waals surface area contributed by atoms with Crippen molar-refractivity contribution in [1.82, 2.24) is 13.6 Å². The van der Waals surface area contributed by atoms with Crippen LogP contribution in [0, 0.1) is 5.92 Å². The first-order valence-corrected chi connectivity index (χ1v) is 8.81. The number of aromatic nitrogens is 1. The number of carbonyl (C=O) groups excluding carboxylic acids is 2. The molecule has 1 aliphatic rings. The number of nitrogens with zero attached hydrogens (tertiary/aromatic N) is 2. The van der Waals surface area contributed by atoms with E-state index in [0.29, 0.717) is 12.8 Å². The predicted molar refractivity (Wildman–Crippen MR) is 84.1 cm³/mol. The highest BCUT2D eigenvalue weighted by Gasteiger charge is 2.32. The van der Waals surface area contributed by atoms with Crippen LogP contribution >= 0.6 is 0 Å². The summed E-state index contributed by atoms with van der Waals surface area (Å²) in [5, 5.41) is 0. The first-order chi connectivity index (χ1) is 11.3. The van der Waals surface area contributed by atoms with Gasteiger partial charge in [-0.1, -0.05) is 6.07 Å². The van der Waals surface area contributed by atoms with Gasteiger partial charge in [-0.2, -0.15) is 12.7 Å². The minimum absolute atomic E-state index is 0.119. The van der Waals surface area contributed by atoms with Gasteiger partial charge in [-0.05, 0) is 18.9 Å². The van der Waals surface area contributed by atoms with Crippen molar-refractivity contribution in [3.63, 3.8) is 0 Å². The van der Waals surface area contributed by atoms with Crippen LogP contribution in [0.25, 0.3) is 0 Å². The van der Waals surface area contributed by atoms with Gasteiger partial charge in [0.1, 0.15) is 6.54 Å². The van der Waals surface area contributed by atoms with Crippen LogP contribution in [0.5, 0.6) is 0 Å². The van der Waals surface area contributed by atoms with Gasteiger partial charge in [0.05, 0.1) is 13.0 Å². The van der Waals surface area contributed by atoms with E-state index < -0.39 is 28.2 Å². The van der Waals surface area contributed by atoms with E-state index in [-0.39, 0.29) is 25.0 Å². The van der Waals surface area contributed by atoms with Gasteiger partial charge in [0.25, 0.3) is 11.5 Å². The Kier molecular flexibility index (Phi) is 5.73. The molecule has 1 aromatic heterocycles. The van der Waals surface area contributed by atoms with Crippen molar-refractivity contribution in [3.05, 3.63) is 34.7 Å². The third kappa shape index (κ3) is 4.42. The van der Waals surface area contributed by atoms with Crippen LogP contribution in [0.15, 0.2) is 29.2 Å². The minimum atomic E-state index is -4.01. The lowest BCUT2D eigenvalue weighted by Gasteiger charge is -2.29. The summed E-state index contributed by atoms with van der Waals surface area (Å²) in [7, 11) is -2.72. The molecule has 1 aromatic rings. The lowest BCUT2D eigenvalue weighted by Crippen LogP contribution is -2.48. The van der Waals surface area contributed by atoms with Gasteiger partial charge >= 0.3 is 16.2 Å². The number of piperidine rings is 1. The summed E-state index contributed by atoms with van der Waals surface area (Å²) >= 11 is 0.